The number of hydrogen-bond acceptors (Lipinski definition) is 1. The molecule has 3 heteroatoms. The predicted molar refractivity (Wildman–Crippen MR) is 78.4 cm³/mol. The van der Waals surface area contributed by atoms with E-state index in [9.17, 15) is 0 Å². The summed E-state index contributed by atoms with van der Waals surface area (Å²) in [5, 5.41) is 0. The van der Waals surface area contributed by atoms with Crippen molar-refractivity contribution in [3.8, 4) is 0 Å². The van der Waals surface area contributed by atoms with E-state index in [1.807, 2.05) is 0 Å². The molecule has 1 aromatic carbocycles. The second-order valence-electron chi connectivity index (χ2n) is 3.43. The van der Waals surface area contributed by atoms with Crippen LogP contribution in [-0.4, -0.2) is 14.2 Å². The summed E-state index contributed by atoms with van der Waals surface area (Å²) in [6.45, 7) is 2.12. The number of allylic oxidation sites excluding steroid dienone is 1. The van der Waals surface area contributed by atoms with Gasteiger partial charge in [0.15, 0.2) is 0 Å². The lowest BCUT2D eigenvalue weighted by Crippen LogP contribution is -1.83. The summed E-state index contributed by atoms with van der Waals surface area (Å²) >= 11 is 6.68. The van der Waals surface area contributed by atoms with Crippen molar-refractivity contribution in [3.63, 3.8) is 0 Å². The summed E-state index contributed by atoms with van der Waals surface area (Å²) in [7, 11) is 3.25. The molecule has 0 aliphatic rings. The molecule has 0 N–H and O–H groups in total. The number of rotatable bonds is 3. The Labute approximate surface area is 115 Å². The summed E-state index contributed by atoms with van der Waals surface area (Å²) in [4.78, 5) is 0. The Morgan fingerprint density at radius 1 is 1.31 bits per heavy atom. The molecule has 0 saturated heterocycles. The van der Waals surface area contributed by atoms with Crippen molar-refractivity contribution in [2.45, 2.75) is 19.8 Å². The number of ether oxygens (including phenoxy) is 1. The molecule has 1 nitrogen and oxygen atoms in total. The van der Waals surface area contributed by atoms with Crippen molar-refractivity contribution >= 4 is 31.9 Å². The molecule has 90 valence electrons. The van der Waals surface area contributed by atoms with Gasteiger partial charge in [0, 0.05) is 14.2 Å². The first-order valence-corrected chi connectivity index (χ1v) is 6.65. The Kier molecular flexibility index (Phi) is 9.99. The van der Waals surface area contributed by atoms with Gasteiger partial charge in [0.05, 0.1) is 3.39 Å². The SMILES string of the molecule is COC.Cc1cccc(CCC=C(Br)Br)c1. The van der Waals surface area contributed by atoms with Crippen LogP contribution in [0.4, 0.5) is 0 Å². The summed E-state index contributed by atoms with van der Waals surface area (Å²) < 4.78 is 5.28. The lowest BCUT2D eigenvalue weighted by atomic mass is 10.1. The van der Waals surface area contributed by atoms with Gasteiger partial charge in [-0.15, -0.1) is 0 Å². The third-order valence-corrected chi connectivity index (χ3v) is 2.46. The average molecular weight is 350 g/mol. The van der Waals surface area contributed by atoms with Crippen LogP contribution in [0.15, 0.2) is 33.7 Å². The van der Waals surface area contributed by atoms with E-state index in [-0.39, 0.29) is 0 Å². The van der Waals surface area contributed by atoms with Gasteiger partial charge in [-0.3, -0.25) is 0 Å². The Morgan fingerprint density at radius 3 is 2.44 bits per heavy atom. The minimum absolute atomic E-state index is 1.03. The van der Waals surface area contributed by atoms with Gasteiger partial charge in [-0.25, -0.2) is 0 Å². The molecule has 0 amide bonds. The van der Waals surface area contributed by atoms with Gasteiger partial charge < -0.3 is 4.74 Å². The van der Waals surface area contributed by atoms with E-state index in [1.54, 1.807) is 14.2 Å². The van der Waals surface area contributed by atoms with Crippen LogP contribution in [-0.2, 0) is 11.2 Å². The van der Waals surface area contributed by atoms with Gasteiger partial charge in [-0.05, 0) is 57.2 Å². The minimum Gasteiger partial charge on any atom is -0.388 e. The quantitative estimate of drug-likeness (QED) is 0.760. The minimum atomic E-state index is 1.03. The van der Waals surface area contributed by atoms with Crippen molar-refractivity contribution in [1.82, 2.24) is 0 Å². The van der Waals surface area contributed by atoms with E-state index in [0.717, 1.165) is 16.2 Å². The lowest BCUT2D eigenvalue weighted by Gasteiger charge is -1.99. The van der Waals surface area contributed by atoms with Gasteiger partial charge in [0.25, 0.3) is 0 Å². The van der Waals surface area contributed by atoms with E-state index in [2.05, 4.69) is 73.9 Å². The largest absolute Gasteiger partial charge is 0.388 e. The molecule has 0 aliphatic carbocycles. The summed E-state index contributed by atoms with van der Waals surface area (Å²) in [6, 6.07) is 8.64. The second-order valence-corrected chi connectivity index (χ2v) is 6.20. The van der Waals surface area contributed by atoms with Crippen molar-refractivity contribution in [1.29, 1.82) is 0 Å². The second kappa shape index (κ2) is 10.1. The fourth-order valence-corrected chi connectivity index (χ4v) is 1.67. The smallest absolute Gasteiger partial charge is 0.0564 e. The Balaban J connectivity index is 0.000000673. The van der Waals surface area contributed by atoms with E-state index in [0.29, 0.717) is 0 Å². The highest BCUT2D eigenvalue weighted by Gasteiger charge is 1.91. The van der Waals surface area contributed by atoms with Crippen molar-refractivity contribution < 1.29 is 4.74 Å². The average Bonchev–Trinajstić information content (AvgIpc) is 2.18. The highest BCUT2D eigenvalue weighted by Crippen LogP contribution is 2.15. The van der Waals surface area contributed by atoms with E-state index in [1.165, 1.54) is 11.1 Å². The molecular formula is C13H18Br2O. The van der Waals surface area contributed by atoms with E-state index < -0.39 is 0 Å². The molecule has 0 aromatic heterocycles. The summed E-state index contributed by atoms with van der Waals surface area (Å²) in [5.74, 6) is 0. The highest BCUT2D eigenvalue weighted by atomic mass is 79.9. The van der Waals surface area contributed by atoms with Gasteiger partial charge in [-0.2, -0.15) is 0 Å². The molecular weight excluding hydrogens is 332 g/mol. The number of aryl methyl sites for hydroxylation is 2. The summed E-state index contributed by atoms with van der Waals surface area (Å²) in [5.41, 5.74) is 2.73. The molecule has 0 heterocycles. The standard InChI is InChI=1S/C11H12Br2.C2H6O/c1-9-4-2-5-10(8-9)6-3-7-11(12)13;1-3-2/h2,4-5,7-8H,3,6H2,1H3;1-2H3. The molecule has 0 spiro atoms. The maximum atomic E-state index is 4.25. The van der Waals surface area contributed by atoms with Crippen LogP contribution in [0.2, 0.25) is 0 Å². The van der Waals surface area contributed by atoms with Crippen LogP contribution in [0.25, 0.3) is 0 Å². The lowest BCUT2D eigenvalue weighted by molar-refractivity contribution is 0.277. The first-order valence-electron chi connectivity index (χ1n) is 5.07. The van der Waals surface area contributed by atoms with Gasteiger partial charge in [0.1, 0.15) is 0 Å². The molecule has 0 fully saturated rings. The maximum Gasteiger partial charge on any atom is 0.0564 e. The number of benzene rings is 1. The molecule has 0 atom stereocenters. The molecule has 16 heavy (non-hydrogen) atoms. The molecule has 0 radical (unpaired) electrons. The zero-order valence-corrected chi connectivity index (χ0v) is 13.1. The van der Waals surface area contributed by atoms with Crippen LogP contribution in [0.3, 0.4) is 0 Å². The van der Waals surface area contributed by atoms with Crippen LogP contribution in [0, 0.1) is 6.92 Å². The number of hydrogen-bond donors (Lipinski definition) is 0. The van der Waals surface area contributed by atoms with Crippen LogP contribution >= 0.6 is 31.9 Å². The third kappa shape index (κ3) is 9.13. The van der Waals surface area contributed by atoms with Crippen LogP contribution < -0.4 is 0 Å². The summed E-state index contributed by atoms with van der Waals surface area (Å²) in [6.07, 6.45) is 4.29. The normalized spacial score (nSPS) is 9.06. The van der Waals surface area contributed by atoms with E-state index in [4.69, 9.17) is 0 Å². The van der Waals surface area contributed by atoms with Crippen LogP contribution in [0.1, 0.15) is 17.5 Å². The Hall–Kier alpha value is -0.120. The monoisotopic (exact) mass is 348 g/mol. The molecule has 1 rings (SSSR count). The van der Waals surface area contributed by atoms with Crippen molar-refractivity contribution in [2.75, 3.05) is 14.2 Å². The fourth-order valence-electron chi connectivity index (χ4n) is 1.22. The maximum absolute atomic E-state index is 4.25. The van der Waals surface area contributed by atoms with Crippen LogP contribution in [0.5, 0.6) is 0 Å². The van der Waals surface area contributed by atoms with Gasteiger partial charge >= 0.3 is 0 Å². The molecule has 1 aromatic rings. The molecule has 0 saturated carbocycles. The number of halogens is 2. The molecule has 0 unspecified atom stereocenters. The Bertz CT molecular complexity index is 317. The predicted octanol–water partition coefficient (Wildman–Crippen LogP) is 4.82. The van der Waals surface area contributed by atoms with Crippen molar-refractivity contribution in [2.24, 2.45) is 0 Å². The third-order valence-electron chi connectivity index (χ3n) is 1.81. The zero-order valence-electron chi connectivity index (χ0n) is 9.97. The number of methoxy groups -OCH3 is 1. The van der Waals surface area contributed by atoms with Gasteiger partial charge in [0.2, 0.25) is 0 Å². The van der Waals surface area contributed by atoms with Gasteiger partial charge in [-0.1, -0.05) is 35.9 Å². The first kappa shape index (κ1) is 15.9. The van der Waals surface area contributed by atoms with E-state index >= 15 is 0 Å². The highest BCUT2D eigenvalue weighted by molar-refractivity contribution is 9.28. The fraction of sp³-hybridized carbons (Fsp3) is 0.385. The molecule has 0 bridgehead atoms. The topological polar surface area (TPSA) is 9.23 Å². The first-order chi connectivity index (χ1) is 7.60. The Morgan fingerprint density at radius 2 is 1.94 bits per heavy atom. The molecule has 0 aliphatic heterocycles. The zero-order chi connectivity index (χ0) is 12.4. The van der Waals surface area contributed by atoms with Crippen molar-refractivity contribution in [3.05, 3.63) is 44.9 Å².